The van der Waals surface area contributed by atoms with Crippen LogP contribution in [0.4, 0.5) is 4.79 Å². The van der Waals surface area contributed by atoms with Crippen LogP contribution in [-0.2, 0) is 6.54 Å². The topological polar surface area (TPSA) is 41.1 Å². The SMILES string of the molecule is C=C(C)CNC(=O)NCc1ccc(Br)s1. The molecule has 0 atom stereocenters. The molecule has 1 aromatic rings. The van der Waals surface area contributed by atoms with Gasteiger partial charge < -0.3 is 10.6 Å². The predicted octanol–water partition coefficient (Wildman–Crippen LogP) is 2.89. The first kappa shape index (κ1) is 12.3. The highest BCUT2D eigenvalue weighted by Crippen LogP contribution is 2.21. The van der Waals surface area contributed by atoms with E-state index in [1.807, 2.05) is 19.1 Å². The molecular formula is C10H13BrN2OS. The number of urea groups is 1. The van der Waals surface area contributed by atoms with Crippen molar-refractivity contribution in [3.8, 4) is 0 Å². The van der Waals surface area contributed by atoms with E-state index in [9.17, 15) is 4.79 Å². The summed E-state index contributed by atoms with van der Waals surface area (Å²) in [6.07, 6.45) is 0. The van der Waals surface area contributed by atoms with Crippen LogP contribution in [0, 0.1) is 0 Å². The van der Waals surface area contributed by atoms with E-state index in [0.29, 0.717) is 13.1 Å². The molecule has 1 heterocycles. The van der Waals surface area contributed by atoms with Crippen LogP contribution in [0.25, 0.3) is 0 Å². The molecule has 0 spiro atoms. The molecule has 0 saturated carbocycles. The minimum Gasteiger partial charge on any atom is -0.334 e. The molecule has 15 heavy (non-hydrogen) atoms. The molecule has 0 bridgehead atoms. The Morgan fingerprint density at radius 2 is 2.27 bits per heavy atom. The Hall–Kier alpha value is -0.810. The van der Waals surface area contributed by atoms with Crippen LogP contribution in [-0.4, -0.2) is 12.6 Å². The van der Waals surface area contributed by atoms with Gasteiger partial charge in [-0.15, -0.1) is 11.3 Å². The molecule has 5 heteroatoms. The maximum Gasteiger partial charge on any atom is 0.315 e. The normalized spacial score (nSPS) is 9.73. The Kier molecular flexibility index (Phi) is 4.84. The van der Waals surface area contributed by atoms with Crippen molar-refractivity contribution in [1.82, 2.24) is 10.6 Å². The highest BCUT2D eigenvalue weighted by atomic mass is 79.9. The van der Waals surface area contributed by atoms with Crippen molar-refractivity contribution < 1.29 is 4.79 Å². The van der Waals surface area contributed by atoms with Crippen molar-refractivity contribution in [2.45, 2.75) is 13.5 Å². The van der Waals surface area contributed by atoms with Gasteiger partial charge >= 0.3 is 6.03 Å². The molecule has 82 valence electrons. The smallest absolute Gasteiger partial charge is 0.315 e. The van der Waals surface area contributed by atoms with Crippen LogP contribution in [0.1, 0.15) is 11.8 Å². The lowest BCUT2D eigenvalue weighted by molar-refractivity contribution is 0.241. The maximum absolute atomic E-state index is 11.3. The van der Waals surface area contributed by atoms with Gasteiger partial charge in [0.05, 0.1) is 10.3 Å². The summed E-state index contributed by atoms with van der Waals surface area (Å²) in [5.74, 6) is 0. The summed E-state index contributed by atoms with van der Waals surface area (Å²) in [5, 5.41) is 5.47. The maximum atomic E-state index is 11.3. The number of carbonyl (C=O) groups is 1. The lowest BCUT2D eigenvalue weighted by atomic mass is 10.3. The zero-order valence-corrected chi connectivity index (χ0v) is 10.9. The molecule has 0 aliphatic carbocycles. The van der Waals surface area contributed by atoms with E-state index in [4.69, 9.17) is 0 Å². The Bertz CT molecular complexity index is 362. The Morgan fingerprint density at radius 3 is 2.80 bits per heavy atom. The highest BCUT2D eigenvalue weighted by molar-refractivity contribution is 9.11. The summed E-state index contributed by atoms with van der Waals surface area (Å²) < 4.78 is 1.07. The minimum absolute atomic E-state index is 0.164. The second kappa shape index (κ2) is 5.92. The van der Waals surface area contributed by atoms with E-state index >= 15 is 0 Å². The third-order valence-electron chi connectivity index (χ3n) is 1.60. The van der Waals surface area contributed by atoms with Crippen molar-refractivity contribution in [3.63, 3.8) is 0 Å². The molecule has 2 N–H and O–H groups in total. The number of thiophene rings is 1. The van der Waals surface area contributed by atoms with Gasteiger partial charge in [-0.25, -0.2) is 4.79 Å². The van der Waals surface area contributed by atoms with Gasteiger partial charge in [0.15, 0.2) is 0 Å². The van der Waals surface area contributed by atoms with E-state index in [1.54, 1.807) is 11.3 Å². The standard InChI is InChI=1S/C10H13BrN2OS/c1-7(2)5-12-10(14)13-6-8-3-4-9(11)15-8/h3-4H,1,5-6H2,2H3,(H2,12,13,14). The van der Waals surface area contributed by atoms with Gasteiger partial charge in [0, 0.05) is 11.4 Å². The fraction of sp³-hybridized carbons (Fsp3) is 0.300. The van der Waals surface area contributed by atoms with E-state index in [0.717, 1.165) is 14.2 Å². The zero-order valence-electron chi connectivity index (χ0n) is 8.47. The fourth-order valence-corrected chi connectivity index (χ4v) is 2.33. The molecule has 0 saturated heterocycles. The van der Waals surface area contributed by atoms with E-state index in [2.05, 4.69) is 33.1 Å². The van der Waals surface area contributed by atoms with Crippen LogP contribution < -0.4 is 10.6 Å². The summed E-state index contributed by atoms with van der Waals surface area (Å²) in [4.78, 5) is 12.4. The lowest BCUT2D eigenvalue weighted by Crippen LogP contribution is -2.35. The van der Waals surface area contributed by atoms with Crippen LogP contribution in [0.2, 0.25) is 0 Å². The number of nitrogens with one attached hydrogen (secondary N) is 2. The quantitative estimate of drug-likeness (QED) is 0.822. The second-order valence-corrected chi connectivity index (χ2v) is 5.75. The van der Waals surface area contributed by atoms with Gasteiger partial charge in [-0.05, 0) is 35.0 Å². The summed E-state index contributed by atoms with van der Waals surface area (Å²) >= 11 is 4.98. The Morgan fingerprint density at radius 1 is 1.53 bits per heavy atom. The molecule has 0 fully saturated rings. The van der Waals surface area contributed by atoms with Gasteiger partial charge in [0.25, 0.3) is 0 Å². The molecule has 0 aliphatic heterocycles. The monoisotopic (exact) mass is 288 g/mol. The molecule has 0 aromatic carbocycles. The highest BCUT2D eigenvalue weighted by Gasteiger charge is 2.01. The molecule has 3 nitrogen and oxygen atoms in total. The van der Waals surface area contributed by atoms with Crippen molar-refractivity contribution in [1.29, 1.82) is 0 Å². The number of amides is 2. The molecule has 0 radical (unpaired) electrons. The number of hydrogen-bond donors (Lipinski definition) is 2. The number of rotatable bonds is 4. The molecule has 1 aromatic heterocycles. The third-order valence-corrected chi connectivity index (χ3v) is 3.23. The van der Waals surface area contributed by atoms with E-state index in [-0.39, 0.29) is 6.03 Å². The molecule has 2 amide bonds. The Balaban J connectivity index is 2.25. The number of carbonyl (C=O) groups excluding carboxylic acids is 1. The summed E-state index contributed by atoms with van der Waals surface area (Å²) in [5.41, 5.74) is 0.934. The first-order valence-corrected chi connectivity index (χ1v) is 6.09. The molecular weight excluding hydrogens is 276 g/mol. The van der Waals surface area contributed by atoms with Gasteiger partial charge in [-0.1, -0.05) is 12.2 Å². The summed E-state index contributed by atoms with van der Waals surface area (Å²) in [7, 11) is 0. The van der Waals surface area contributed by atoms with Crippen molar-refractivity contribution in [2.24, 2.45) is 0 Å². The molecule has 0 unspecified atom stereocenters. The fourth-order valence-electron chi connectivity index (χ4n) is 0.908. The minimum atomic E-state index is -0.164. The first-order chi connectivity index (χ1) is 7.08. The Labute approximate surface area is 102 Å². The van der Waals surface area contributed by atoms with Crippen molar-refractivity contribution in [3.05, 3.63) is 32.9 Å². The van der Waals surface area contributed by atoms with Crippen molar-refractivity contribution >= 4 is 33.3 Å². The van der Waals surface area contributed by atoms with Gasteiger partial charge in [-0.2, -0.15) is 0 Å². The first-order valence-electron chi connectivity index (χ1n) is 4.48. The average molecular weight is 289 g/mol. The van der Waals surface area contributed by atoms with Gasteiger partial charge in [0.2, 0.25) is 0 Å². The average Bonchev–Trinajstić information content (AvgIpc) is 2.58. The molecule has 0 aliphatic rings. The van der Waals surface area contributed by atoms with Crippen LogP contribution >= 0.6 is 27.3 Å². The van der Waals surface area contributed by atoms with E-state index in [1.165, 1.54) is 0 Å². The van der Waals surface area contributed by atoms with Crippen molar-refractivity contribution in [2.75, 3.05) is 6.54 Å². The summed E-state index contributed by atoms with van der Waals surface area (Å²) in [6, 6.07) is 3.78. The zero-order chi connectivity index (χ0) is 11.3. The second-order valence-electron chi connectivity index (χ2n) is 3.20. The van der Waals surface area contributed by atoms with Gasteiger partial charge in [-0.3, -0.25) is 0 Å². The van der Waals surface area contributed by atoms with Gasteiger partial charge in [0.1, 0.15) is 0 Å². The third kappa shape index (κ3) is 4.99. The number of halogens is 1. The van der Waals surface area contributed by atoms with Crippen LogP contribution in [0.5, 0.6) is 0 Å². The molecule has 1 rings (SSSR count). The summed E-state index contributed by atoms with van der Waals surface area (Å²) in [6.45, 7) is 6.64. The predicted molar refractivity (Wildman–Crippen MR) is 67.1 cm³/mol. The van der Waals surface area contributed by atoms with E-state index < -0.39 is 0 Å². The number of hydrogen-bond acceptors (Lipinski definition) is 2. The largest absolute Gasteiger partial charge is 0.334 e. The lowest BCUT2D eigenvalue weighted by Gasteiger charge is -2.05. The van der Waals surface area contributed by atoms with Crippen LogP contribution in [0.3, 0.4) is 0 Å². The van der Waals surface area contributed by atoms with Crippen LogP contribution in [0.15, 0.2) is 28.1 Å².